The third-order valence-electron chi connectivity index (χ3n) is 3.32. The van der Waals surface area contributed by atoms with Crippen LogP contribution in [0.4, 0.5) is 0 Å². The Balaban J connectivity index is 1.78. The first-order chi connectivity index (χ1) is 10.5. The lowest BCUT2D eigenvalue weighted by molar-refractivity contribution is -0.154. The summed E-state index contributed by atoms with van der Waals surface area (Å²) in [5.74, 6) is -0.713. The molecule has 22 heavy (non-hydrogen) atoms. The number of hydrogen-bond donors (Lipinski definition) is 0. The molecule has 0 aromatic heterocycles. The van der Waals surface area contributed by atoms with Crippen molar-refractivity contribution in [1.82, 2.24) is 4.90 Å². The van der Waals surface area contributed by atoms with Gasteiger partial charge in [0.2, 0.25) is 0 Å². The summed E-state index contributed by atoms with van der Waals surface area (Å²) in [6.45, 7) is 4.66. The summed E-state index contributed by atoms with van der Waals surface area (Å²) in [5.41, 5.74) is 0.904. The number of carbonyl (C=O) groups excluding carboxylic acids is 2. The van der Waals surface area contributed by atoms with Crippen molar-refractivity contribution in [3.8, 4) is 0 Å². The van der Waals surface area contributed by atoms with E-state index in [0.29, 0.717) is 13.1 Å². The first kappa shape index (κ1) is 16.2. The molecule has 1 heterocycles. The number of esters is 1. The van der Waals surface area contributed by atoms with E-state index in [-0.39, 0.29) is 24.7 Å². The second-order valence-corrected chi connectivity index (χ2v) is 5.41. The smallest absolute Gasteiger partial charge is 0.331 e. The van der Waals surface area contributed by atoms with Gasteiger partial charge in [0, 0.05) is 19.2 Å². The molecule has 2 atom stereocenters. The Bertz CT molecular complexity index is 531. The van der Waals surface area contributed by atoms with Crippen LogP contribution in [0, 0.1) is 0 Å². The van der Waals surface area contributed by atoms with Crippen molar-refractivity contribution in [1.29, 1.82) is 0 Å². The van der Waals surface area contributed by atoms with E-state index >= 15 is 0 Å². The van der Waals surface area contributed by atoms with Crippen LogP contribution in [0.15, 0.2) is 36.4 Å². The predicted molar refractivity (Wildman–Crippen MR) is 83.0 cm³/mol. The van der Waals surface area contributed by atoms with Gasteiger partial charge in [0.25, 0.3) is 5.91 Å². The highest BCUT2D eigenvalue weighted by Crippen LogP contribution is 2.10. The van der Waals surface area contributed by atoms with Crippen molar-refractivity contribution in [3.63, 3.8) is 0 Å². The third-order valence-corrected chi connectivity index (χ3v) is 3.32. The van der Waals surface area contributed by atoms with Gasteiger partial charge in [-0.2, -0.15) is 0 Å². The molecular formula is C17H21NO4. The Morgan fingerprint density at radius 2 is 1.86 bits per heavy atom. The molecule has 0 bridgehead atoms. The highest BCUT2D eigenvalue weighted by molar-refractivity contribution is 5.89. The standard InChI is InChI=1S/C17H21NO4/c1-13-10-18(11-14(2)22-13)16(19)12-21-17(20)9-8-15-6-4-3-5-7-15/h3-9,13-14H,10-12H2,1-2H3/b9-8+/t13-,14+. The number of nitrogens with zero attached hydrogens (tertiary/aromatic N) is 1. The summed E-state index contributed by atoms with van der Waals surface area (Å²) < 4.78 is 10.6. The monoisotopic (exact) mass is 303 g/mol. The fourth-order valence-corrected chi connectivity index (χ4v) is 2.38. The number of morpholine rings is 1. The zero-order valence-corrected chi connectivity index (χ0v) is 12.9. The second-order valence-electron chi connectivity index (χ2n) is 5.41. The van der Waals surface area contributed by atoms with Gasteiger partial charge in [-0.15, -0.1) is 0 Å². The molecule has 5 heteroatoms. The van der Waals surface area contributed by atoms with Crippen LogP contribution in [0.3, 0.4) is 0 Å². The van der Waals surface area contributed by atoms with Gasteiger partial charge in [-0.1, -0.05) is 30.3 Å². The van der Waals surface area contributed by atoms with Crippen molar-refractivity contribution < 1.29 is 19.1 Å². The first-order valence-corrected chi connectivity index (χ1v) is 7.37. The molecule has 0 saturated carbocycles. The van der Waals surface area contributed by atoms with Crippen LogP contribution in [0.25, 0.3) is 6.08 Å². The molecule has 1 aliphatic rings. The summed E-state index contributed by atoms with van der Waals surface area (Å²) in [7, 11) is 0. The Morgan fingerprint density at radius 3 is 2.50 bits per heavy atom. The van der Waals surface area contributed by atoms with Crippen molar-refractivity contribution >= 4 is 18.0 Å². The lowest BCUT2D eigenvalue weighted by atomic mass is 10.2. The van der Waals surface area contributed by atoms with Crippen molar-refractivity contribution in [2.45, 2.75) is 26.1 Å². The molecule has 0 N–H and O–H groups in total. The SMILES string of the molecule is C[C@@H]1CN(C(=O)COC(=O)/C=C/c2ccccc2)C[C@H](C)O1. The van der Waals surface area contributed by atoms with Gasteiger partial charge >= 0.3 is 5.97 Å². The van der Waals surface area contributed by atoms with Gasteiger partial charge in [-0.25, -0.2) is 4.79 Å². The Morgan fingerprint density at radius 1 is 1.23 bits per heavy atom. The molecular weight excluding hydrogens is 282 g/mol. The lowest BCUT2D eigenvalue weighted by Crippen LogP contribution is -2.49. The van der Waals surface area contributed by atoms with E-state index in [4.69, 9.17) is 9.47 Å². The largest absolute Gasteiger partial charge is 0.452 e. The van der Waals surface area contributed by atoms with E-state index < -0.39 is 5.97 Å². The fourth-order valence-electron chi connectivity index (χ4n) is 2.38. The molecule has 1 aliphatic heterocycles. The minimum absolute atomic E-state index is 0.00128. The van der Waals surface area contributed by atoms with Crippen molar-refractivity contribution in [2.24, 2.45) is 0 Å². The Kier molecular flexibility index (Phi) is 5.72. The minimum Gasteiger partial charge on any atom is -0.452 e. The average Bonchev–Trinajstić information content (AvgIpc) is 2.50. The fraction of sp³-hybridized carbons (Fsp3) is 0.412. The first-order valence-electron chi connectivity index (χ1n) is 7.37. The van der Waals surface area contributed by atoms with Crippen LogP contribution in [0.1, 0.15) is 19.4 Å². The van der Waals surface area contributed by atoms with E-state index in [1.807, 2.05) is 44.2 Å². The summed E-state index contributed by atoms with van der Waals surface area (Å²) >= 11 is 0. The molecule has 1 aromatic rings. The summed E-state index contributed by atoms with van der Waals surface area (Å²) in [5, 5.41) is 0. The maximum atomic E-state index is 12.0. The van der Waals surface area contributed by atoms with Crippen LogP contribution in [0.2, 0.25) is 0 Å². The third kappa shape index (κ3) is 5.00. The number of rotatable bonds is 4. The molecule has 118 valence electrons. The molecule has 1 aromatic carbocycles. The van der Waals surface area contributed by atoms with Crippen molar-refractivity contribution in [2.75, 3.05) is 19.7 Å². The quantitative estimate of drug-likeness (QED) is 0.629. The molecule has 1 fully saturated rings. The molecule has 2 rings (SSSR count). The lowest BCUT2D eigenvalue weighted by Gasteiger charge is -2.35. The molecule has 0 aliphatic carbocycles. The van der Waals surface area contributed by atoms with Gasteiger partial charge in [0.15, 0.2) is 6.61 Å². The highest BCUT2D eigenvalue weighted by Gasteiger charge is 2.26. The van der Waals surface area contributed by atoms with Crippen LogP contribution in [-0.2, 0) is 19.1 Å². The summed E-state index contributed by atoms with van der Waals surface area (Å²) in [4.78, 5) is 25.3. The molecule has 0 unspecified atom stereocenters. The topological polar surface area (TPSA) is 55.8 Å². The Labute approximate surface area is 130 Å². The van der Waals surface area contributed by atoms with E-state index in [2.05, 4.69) is 0 Å². The summed E-state index contributed by atoms with van der Waals surface area (Å²) in [6, 6.07) is 9.43. The summed E-state index contributed by atoms with van der Waals surface area (Å²) in [6.07, 6.45) is 2.99. The van der Waals surface area contributed by atoms with E-state index in [1.165, 1.54) is 6.08 Å². The molecule has 1 amide bonds. The Hall–Kier alpha value is -2.14. The van der Waals surface area contributed by atoms with E-state index in [9.17, 15) is 9.59 Å². The number of hydrogen-bond acceptors (Lipinski definition) is 4. The normalized spacial score (nSPS) is 21.8. The maximum Gasteiger partial charge on any atom is 0.331 e. The highest BCUT2D eigenvalue weighted by atomic mass is 16.5. The van der Waals surface area contributed by atoms with Crippen LogP contribution in [0.5, 0.6) is 0 Å². The second kappa shape index (κ2) is 7.75. The molecule has 5 nitrogen and oxygen atoms in total. The van der Waals surface area contributed by atoms with Crippen LogP contribution in [-0.4, -0.2) is 48.7 Å². The zero-order valence-electron chi connectivity index (χ0n) is 12.9. The number of amides is 1. The molecule has 0 spiro atoms. The number of carbonyl (C=O) groups is 2. The van der Waals surface area contributed by atoms with Crippen LogP contribution < -0.4 is 0 Å². The minimum atomic E-state index is -0.522. The number of ether oxygens (including phenoxy) is 2. The van der Waals surface area contributed by atoms with Crippen LogP contribution >= 0.6 is 0 Å². The van der Waals surface area contributed by atoms with Crippen molar-refractivity contribution in [3.05, 3.63) is 42.0 Å². The van der Waals surface area contributed by atoms with Gasteiger partial charge in [0.05, 0.1) is 12.2 Å². The molecule has 0 radical (unpaired) electrons. The average molecular weight is 303 g/mol. The zero-order chi connectivity index (χ0) is 15.9. The van der Waals surface area contributed by atoms with Gasteiger partial charge in [-0.05, 0) is 25.5 Å². The number of benzene rings is 1. The van der Waals surface area contributed by atoms with Gasteiger partial charge in [0.1, 0.15) is 0 Å². The maximum absolute atomic E-state index is 12.0. The van der Waals surface area contributed by atoms with Gasteiger partial charge < -0.3 is 14.4 Å². The van der Waals surface area contributed by atoms with E-state index in [1.54, 1.807) is 11.0 Å². The van der Waals surface area contributed by atoms with E-state index in [0.717, 1.165) is 5.56 Å². The van der Waals surface area contributed by atoms with Gasteiger partial charge in [-0.3, -0.25) is 4.79 Å². The molecule has 1 saturated heterocycles. The predicted octanol–water partition coefficient (Wildman–Crippen LogP) is 1.88.